The summed E-state index contributed by atoms with van der Waals surface area (Å²) in [6.45, 7) is 8.52. The molecule has 0 saturated carbocycles. The Labute approximate surface area is 120 Å². The smallest absolute Gasteiger partial charge is 0.241 e. The lowest BCUT2D eigenvalue weighted by atomic mass is 10.0. The van der Waals surface area contributed by atoms with E-state index in [0.29, 0.717) is 25.1 Å². The highest BCUT2D eigenvalue weighted by Gasteiger charge is 2.26. The fourth-order valence-electron chi connectivity index (χ4n) is 1.68. The fourth-order valence-corrected chi connectivity index (χ4v) is 3.41. The average Bonchev–Trinajstić information content (AvgIpc) is 2.36. The number of nitrogens with one attached hydrogen (secondary N) is 2. The third-order valence-electron chi connectivity index (χ3n) is 3.18. The van der Waals surface area contributed by atoms with Gasteiger partial charge in [0, 0.05) is 12.1 Å². The van der Waals surface area contributed by atoms with Crippen LogP contribution in [0.3, 0.4) is 0 Å². The Hall–Kier alpha value is -0.980. The molecule has 0 aliphatic heterocycles. The van der Waals surface area contributed by atoms with Gasteiger partial charge in [0.2, 0.25) is 10.0 Å². The molecule has 0 amide bonds. The predicted molar refractivity (Wildman–Crippen MR) is 78.5 cm³/mol. The van der Waals surface area contributed by atoms with E-state index in [1.54, 1.807) is 13.8 Å². The molecule has 0 atom stereocenters. The molecule has 0 heterocycles. The minimum atomic E-state index is -3.74. The second-order valence-electron chi connectivity index (χ2n) is 5.38. The quantitative estimate of drug-likeness (QED) is 0.813. The van der Waals surface area contributed by atoms with Crippen LogP contribution in [0.5, 0.6) is 0 Å². The first-order chi connectivity index (χ1) is 9.22. The lowest BCUT2D eigenvalue weighted by molar-refractivity contribution is 0.439. The molecule has 0 spiro atoms. The van der Waals surface area contributed by atoms with Gasteiger partial charge in [-0.1, -0.05) is 19.9 Å². The molecule has 0 bridgehead atoms. The Morgan fingerprint density at radius 3 is 2.45 bits per heavy atom. The molecule has 1 aromatic carbocycles. The van der Waals surface area contributed by atoms with Crippen molar-refractivity contribution in [1.29, 1.82) is 0 Å². The highest BCUT2D eigenvalue weighted by molar-refractivity contribution is 7.89. The summed E-state index contributed by atoms with van der Waals surface area (Å²) in [6, 6.07) is 3.85. The van der Waals surface area contributed by atoms with E-state index in [-0.39, 0.29) is 4.90 Å². The van der Waals surface area contributed by atoms with Crippen LogP contribution >= 0.6 is 0 Å². The second-order valence-corrected chi connectivity index (χ2v) is 7.03. The number of benzene rings is 1. The number of hydrogen-bond donors (Lipinski definition) is 2. The number of rotatable bonds is 7. The maximum atomic E-state index is 13.4. The van der Waals surface area contributed by atoms with Gasteiger partial charge in [0.15, 0.2) is 0 Å². The van der Waals surface area contributed by atoms with Gasteiger partial charge in [-0.3, -0.25) is 0 Å². The van der Waals surface area contributed by atoms with Crippen molar-refractivity contribution in [2.45, 2.75) is 51.1 Å². The number of halogens is 1. The molecule has 0 unspecified atom stereocenters. The Bertz CT molecular complexity index is 556. The monoisotopic (exact) mass is 302 g/mol. The minimum Gasteiger partial charge on any atom is -0.313 e. The summed E-state index contributed by atoms with van der Waals surface area (Å²) in [5, 5.41) is 3.06. The Morgan fingerprint density at radius 1 is 1.25 bits per heavy atom. The van der Waals surface area contributed by atoms with Crippen LogP contribution in [0.1, 0.15) is 39.7 Å². The Kier molecular flexibility index (Phi) is 5.68. The third kappa shape index (κ3) is 4.54. The molecule has 6 heteroatoms. The van der Waals surface area contributed by atoms with Crippen molar-refractivity contribution in [3.05, 3.63) is 29.6 Å². The maximum absolute atomic E-state index is 13.4. The molecule has 114 valence electrons. The Morgan fingerprint density at radius 2 is 1.90 bits per heavy atom. The van der Waals surface area contributed by atoms with Crippen LogP contribution in [0.4, 0.5) is 4.39 Å². The van der Waals surface area contributed by atoms with Gasteiger partial charge in [-0.25, -0.2) is 17.5 Å². The zero-order valence-corrected chi connectivity index (χ0v) is 13.3. The molecule has 20 heavy (non-hydrogen) atoms. The summed E-state index contributed by atoms with van der Waals surface area (Å²) >= 11 is 0. The van der Waals surface area contributed by atoms with E-state index < -0.39 is 21.4 Å². The van der Waals surface area contributed by atoms with E-state index in [9.17, 15) is 12.8 Å². The van der Waals surface area contributed by atoms with E-state index >= 15 is 0 Å². The molecule has 0 radical (unpaired) electrons. The van der Waals surface area contributed by atoms with Gasteiger partial charge in [-0.15, -0.1) is 0 Å². The van der Waals surface area contributed by atoms with Crippen LogP contribution in [0.2, 0.25) is 0 Å². The summed E-state index contributed by atoms with van der Waals surface area (Å²) in [5.74, 6) is -0.556. The fraction of sp³-hybridized carbons (Fsp3) is 0.571. The highest BCUT2D eigenvalue weighted by Crippen LogP contribution is 2.20. The molecule has 0 aromatic heterocycles. The average molecular weight is 302 g/mol. The molecule has 1 rings (SSSR count). The van der Waals surface area contributed by atoms with E-state index in [2.05, 4.69) is 10.0 Å². The zero-order valence-electron chi connectivity index (χ0n) is 12.5. The van der Waals surface area contributed by atoms with E-state index in [0.717, 1.165) is 6.07 Å². The Balaban J connectivity index is 3.19. The predicted octanol–water partition coefficient (Wildman–Crippen LogP) is 2.40. The third-order valence-corrected chi connectivity index (χ3v) is 4.96. The molecule has 0 fully saturated rings. The lowest BCUT2D eigenvalue weighted by Gasteiger charge is -2.25. The van der Waals surface area contributed by atoms with E-state index in [4.69, 9.17) is 0 Å². The summed E-state index contributed by atoms with van der Waals surface area (Å²) in [6.07, 6.45) is 0.643. The molecule has 0 aliphatic rings. The van der Waals surface area contributed by atoms with Crippen molar-refractivity contribution in [1.82, 2.24) is 10.0 Å². The molecule has 0 aliphatic carbocycles. The van der Waals surface area contributed by atoms with Gasteiger partial charge in [-0.05, 0) is 44.5 Å². The van der Waals surface area contributed by atoms with Crippen molar-refractivity contribution in [3.8, 4) is 0 Å². The standard InChI is InChI=1S/C14H23FN2O2S/c1-5-14(3,4)17-20(18,19)13-9-12(15)8-7-11(13)10-16-6-2/h7-9,16-17H,5-6,10H2,1-4H3. The highest BCUT2D eigenvalue weighted by atomic mass is 32.2. The van der Waals surface area contributed by atoms with Gasteiger partial charge in [-0.2, -0.15) is 0 Å². The van der Waals surface area contributed by atoms with Crippen molar-refractivity contribution in [2.75, 3.05) is 6.54 Å². The number of hydrogen-bond acceptors (Lipinski definition) is 3. The summed E-state index contributed by atoms with van der Waals surface area (Å²) in [5.41, 5.74) is -0.00620. The van der Waals surface area contributed by atoms with Gasteiger partial charge >= 0.3 is 0 Å². The van der Waals surface area contributed by atoms with Crippen LogP contribution in [0, 0.1) is 5.82 Å². The van der Waals surface area contributed by atoms with Gasteiger partial charge in [0.25, 0.3) is 0 Å². The van der Waals surface area contributed by atoms with E-state index in [1.165, 1.54) is 12.1 Å². The van der Waals surface area contributed by atoms with Crippen molar-refractivity contribution in [2.24, 2.45) is 0 Å². The first kappa shape index (κ1) is 17.1. The SMILES string of the molecule is CCNCc1ccc(F)cc1S(=O)(=O)NC(C)(C)CC. The lowest BCUT2D eigenvalue weighted by Crippen LogP contribution is -2.43. The van der Waals surface area contributed by atoms with Gasteiger partial charge < -0.3 is 5.32 Å². The van der Waals surface area contributed by atoms with Crippen molar-refractivity contribution in [3.63, 3.8) is 0 Å². The first-order valence-electron chi connectivity index (χ1n) is 6.75. The van der Waals surface area contributed by atoms with Crippen molar-refractivity contribution >= 4 is 10.0 Å². The zero-order chi connectivity index (χ0) is 15.4. The molecular weight excluding hydrogens is 279 g/mol. The topological polar surface area (TPSA) is 58.2 Å². The molecule has 0 saturated heterocycles. The van der Waals surface area contributed by atoms with Crippen LogP contribution < -0.4 is 10.0 Å². The first-order valence-corrected chi connectivity index (χ1v) is 8.23. The van der Waals surface area contributed by atoms with Crippen LogP contribution in [-0.4, -0.2) is 20.5 Å². The van der Waals surface area contributed by atoms with E-state index in [1.807, 2.05) is 13.8 Å². The molecule has 4 nitrogen and oxygen atoms in total. The van der Waals surface area contributed by atoms with Gasteiger partial charge in [0.05, 0.1) is 4.90 Å². The maximum Gasteiger partial charge on any atom is 0.241 e. The minimum absolute atomic E-state index is 0.0000231. The normalized spacial score (nSPS) is 12.7. The van der Waals surface area contributed by atoms with Crippen molar-refractivity contribution < 1.29 is 12.8 Å². The molecular formula is C14H23FN2O2S. The van der Waals surface area contributed by atoms with Crippen LogP contribution in [-0.2, 0) is 16.6 Å². The molecule has 2 N–H and O–H groups in total. The van der Waals surface area contributed by atoms with Crippen LogP contribution in [0.15, 0.2) is 23.1 Å². The summed E-state index contributed by atoms with van der Waals surface area (Å²) in [7, 11) is -3.74. The summed E-state index contributed by atoms with van der Waals surface area (Å²) in [4.78, 5) is -0.0000231. The number of sulfonamides is 1. The van der Waals surface area contributed by atoms with Crippen LogP contribution in [0.25, 0.3) is 0 Å². The summed E-state index contributed by atoms with van der Waals surface area (Å²) < 4.78 is 40.9. The second kappa shape index (κ2) is 6.65. The molecule has 1 aromatic rings. The van der Waals surface area contributed by atoms with Gasteiger partial charge in [0.1, 0.15) is 5.82 Å². The largest absolute Gasteiger partial charge is 0.313 e.